The number of alkyl halides is 3. The van der Waals surface area contributed by atoms with E-state index in [4.69, 9.17) is 0 Å². The minimum Gasteiger partial charge on any atom is -0.378 e. The van der Waals surface area contributed by atoms with Crippen LogP contribution in [0, 0.1) is 10.1 Å². The summed E-state index contributed by atoms with van der Waals surface area (Å²) in [6.45, 7) is 0.576. The van der Waals surface area contributed by atoms with Crippen molar-refractivity contribution in [1.82, 2.24) is 9.97 Å². The summed E-state index contributed by atoms with van der Waals surface area (Å²) in [6.07, 6.45) is -1.54. The summed E-state index contributed by atoms with van der Waals surface area (Å²) < 4.78 is 37.8. The molecule has 1 aromatic heterocycles. The molecule has 0 aliphatic carbocycles. The quantitative estimate of drug-likeness (QED) is 0.481. The molecule has 7 nitrogen and oxygen atoms in total. The van der Waals surface area contributed by atoms with Crippen LogP contribution in [0.4, 0.5) is 30.5 Å². The van der Waals surface area contributed by atoms with Gasteiger partial charge in [0, 0.05) is 31.5 Å². The summed E-state index contributed by atoms with van der Waals surface area (Å²) in [5.74, 6) is 0.385. The minimum absolute atomic E-state index is 0.0128. The first-order chi connectivity index (χ1) is 10.9. The molecule has 23 heavy (non-hydrogen) atoms. The van der Waals surface area contributed by atoms with E-state index in [-0.39, 0.29) is 12.2 Å². The van der Waals surface area contributed by atoms with Crippen molar-refractivity contribution in [2.75, 3.05) is 23.7 Å². The van der Waals surface area contributed by atoms with Crippen LogP contribution in [0.15, 0.2) is 36.7 Å². The second-order valence-electron chi connectivity index (χ2n) is 4.41. The van der Waals surface area contributed by atoms with Gasteiger partial charge in [-0.15, -0.1) is 0 Å². The molecule has 0 aliphatic heterocycles. The molecule has 0 radical (unpaired) electrons. The lowest BCUT2D eigenvalue weighted by molar-refractivity contribution is -0.384. The number of benzene rings is 1. The zero-order valence-corrected chi connectivity index (χ0v) is 11.7. The Labute approximate surface area is 128 Å². The lowest BCUT2D eigenvalue weighted by atomic mass is 10.1. The van der Waals surface area contributed by atoms with E-state index in [0.717, 1.165) is 12.1 Å². The van der Waals surface area contributed by atoms with Gasteiger partial charge in [0.15, 0.2) is 0 Å². The molecule has 122 valence electrons. The van der Waals surface area contributed by atoms with Crippen molar-refractivity contribution in [3.05, 3.63) is 52.3 Å². The van der Waals surface area contributed by atoms with Crippen molar-refractivity contribution in [3.63, 3.8) is 0 Å². The van der Waals surface area contributed by atoms with Crippen LogP contribution >= 0.6 is 0 Å². The molecule has 0 saturated heterocycles. The average molecular weight is 327 g/mol. The Bertz CT molecular complexity index is 679. The van der Waals surface area contributed by atoms with Crippen LogP contribution in [0.5, 0.6) is 0 Å². The largest absolute Gasteiger partial charge is 0.416 e. The zero-order valence-electron chi connectivity index (χ0n) is 11.7. The summed E-state index contributed by atoms with van der Waals surface area (Å²) in [4.78, 5) is 17.9. The first kappa shape index (κ1) is 16.5. The third-order valence-corrected chi connectivity index (χ3v) is 2.81. The van der Waals surface area contributed by atoms with Crippen LogP contribution < -0.4 is 10.6 Å². The fraction of sp³-hybridized carbons (Fsp3) is 0.231. The van der Waals surface area contributed by atoms with Crippen molar-refractivity contribution in [2.45, 2.75) is 6.18 Å². The lowest BCUT2D eigenvalue weighted by Gasteiger charge is -2.11. The van der Waals surface area contributed by atoms with Gasteiger partial charge in [-0.2, -0.15) is 13.2 Å². The topological polar surface area (TPSA) is 93.0 Å². The molecule has 2 N–H and O–H groups in total. The van der Waals surface area contributed by atoms with E-state index in [1.807, 2.05) is 0 Å². The van der Waals surface area contributed by atoms with Crippen molar-refractivity contribution in [2.24, 2.45) is 0 Å². The average Bonchev–Trinajstić information content (AvgIpc) is 2.51. The molecule has 0 bridgehead atoms. The highest BCUT2D eigenvalue weighted by molar-refractivity contribution is 5.63. The number of halogens is 3. The van der Waals surface area contributed by atoms with E-state index in [0.29, 0.717) is 18.6 Å². The van der Waals surface area contributed by atoms with E-state index >= 15 is 0 Å². The van der Waals surface area contributed by atoms with E-state index in [2.05, 4.69) is 20.6 Å². The summed E-state index contributed by atoms with van der Waals surface area (Å²) in [6, 6.07) is 3.99. The number of nitro groups is 1. The molecule has 0 fully saturated rings. The molecular formula is C13H12F3N5O2. The fourth-order valence-corrected chi connectivity index (χ4v) is 1.77. The van der Waals surface area contributed by atoms with Crippen molar-refractivity contribution >= 4 is 17.3 Å². The smallest absolute Gasteiger partial charge is 0.378 e. The van der Waals surface area contributed by atoms with E-state index < -0.39 is 22.4 Å². The summed E-state index contributed by atoms with van der Waals surface area (Å²) >= 11 is 0. The number of hydrogen-bond donors (Lipinski definition) is 2. The Morgan fingerprint density at radius 3 is 2.39 bits per heavy atom. The monoisotopic (exact) mass is 327 g/mol. The van der Waals surface area contributed by atoms with E-state index in [1.165, 1.54) is 0 Å². The maximum Gasteiger partial charge on any atom is 0.416 e. The number of nitrogens with one attached hydrogen (secondary N) is 2. The molecule has 10 heteroatoms. The molecule has 2 aromatic rings. The molecule has 2 rings (SSSR count). The highest BCUT2D eigenvalue weighted by atomic mass is 19.4. The van der Waals surface area contributed by atoms with Gasteiger partial charge in [0.2, 0.25) is 5.95 Å². The molecule has 0 aliphatic rings. The van der Waals surface area contributed by atoms with Crippen LogP contribution in [-0.2, 0) is 6.18 Å². The predicted octanol–water partition coefficient (Wildman–Crippen LogP) is 2.93. The normalized spacial score (nSPS) is 11.1. The van der Waals surface area contributed by atoms with Gasteiger partial charge in [-0.3, -0.25) is 10.1 Å². The summed E-state index contributed by atoms with van der Waals surface area (Å²) in [5.41, 5.74) is -1.68. The molecule has 1 heterocycles. The maximum absolute atomic E-state index is 12.6. The lowest BCUT2D eigenvalue weighted by Crippen LogP contribution is -2.16. The van der Waals surface area contributed by atoms with Crippen molar-refractivity contribution < 1.29 is 18.1 Å². The maximum atomic E-state index is 12.6. The molecular weight excluding hydrogens is 315 g/mol. The summed E-state index contributed by atoms with van der Waals surface area (Å²) in [7, 11) is 0. The third kappa shape index (κ3) is 4.53. The van der Waals surface area contributed by atoms with Gasteiger partial charge in [0.1, 0.15) is 5.69 Å². The number of nitrogens with zero attached hydrogens (tertiary/aromatic N) is 3. The number of rotatable bonds is 6. The van der Waals surface area contributed by atoms with Gasteiger partial charge in [0.05, 0.1) is 10.5 Å². The van der Waals surface area contributed by atoms with Crippen LogP contribution in [0.1, 0.15) is 5.56 Å². The minimum atomic E-state index is -4.63. The molecule has 0 saturated carbocycles. The Balaban J connectivity index is 2.00. The summed E-state index contributed by atoms with van der Waals surface area (Å²) in [5, 5.41) is 16.5. The van der Waals surface area contributed by atoms with Crippen LogP contribution in [0.2, 0.25) is 0 Å². The number of anilines is 2. The van der Waals surface area contributed by atoms with Gasteiger partial charge in [-0.25, -0.2) is 9.97 Å². The van der Waals surface area contributed by atoms with Crippen LogP contribution in [-0.4, -0.2) is 28.0 Å². The number of nitro benzene ring substituents is 1. The highest BCUT2D eigenvalue weighted by Crippen LogP contribution is 2.34. The first-order valence-corrected chi connectivity index (χ1v) is 6.48. The van der Waals surface area contributed by atoms with Crippen LogP contribution in [0.25, 0.3) is 0 Å². The van der Waals surface area contributed by atoms with Crippen molar-refractivity contribution in [3.8, 4) is 0 Å². The molecule has 1 aromatic carbocycles. The standard InChI is InChI=1S/C13H12F3N5O2/c14-13(15,16)9-2-3-10(11(8-9)21(22)23)17-6-7-20-12-18-4-1-5-19-12/h1-5,8,17H,6-7H2,(H,18,19,20). The molecule has 0 unspecified atom stereocenters. The van der Waals surface area contributed by atoms with Crippen molar-refractivity contribution in [1.29, 1.82) is 0 Å². The Morgan fingerprint density at radius 2 is 1.78 bits per heavy atom. The third-order valence-electron chi connectivity index (χ3n) is 2.81. The fourth-order valence-electron chi connectivity index (χ4n) is 1.77. The molecule has 0 spiro atoms. The second-order valence-corrected chi connectivity index (χ2v) is 4.41. The van der Waals surface area contributed by atoms with Gasteiger partial charge in [-0.05, 0) is 18.2 Å². The second kappa shape index (κ2) is 6.90. The Hall–Kier alpha value is -2.91. The van der Waals surface area contributed by atoms with Gasteiger partial charge < -0.3 is 10.6 Å². The van der Waals surface area contributed by atoms with E-state index in [9.17, 15) is 23.3 Å². The molecule has 0 atom stereocenters. The number of hydrogen-bond acceptors (Lipinski definition) is 6. The number of aromatic nitrogens is 2. The molecule has 0 amide bonds. The highest BCUT2D eigenvalue weighted by Gasteiger charge is 2.32. The predicted molar refractivity (Wildman–Crippen MR) is 77.1 cm³/mol. The Kier molecular flexibility index (Phi) is 4.94. The Morgan fingerprint density at radius 1 is 1.13 bits per heavy atom. The van der Waals surface area contributed by atoms with Gasteiger partial charge >= 0.3 is 6.18 Å². The first-order valence-electron chi connectivity index (χ1n) is 6.48. The van der Waals surface area contributed by atoms with Gasteiger partial charge in [-0.1, -0.05) is 0 Å². The zero-order chi connectivity index (χ0) is 16.9. The van der Waals surface area contributed by atoms with Crippen LogP contribution in [0.3, 0.4) is 0 Å². The SMILES string of the molecule is O=[N+]([O-])c1cc(C(F)(F)F)ccc1NCCNc1ncccn1. The van der Waals surface area contributed by atoms with Gasteiger partial charge in [0.25, 0.3) is 5.69 Å². The van der Waals surface area contributed by atoms with E-state index in [1.54, 1.807) is 18.5 Å².